The third-order valence-corrected chi connectivity index (χ3v) is 8.92. The number of halogens is 3. The number of aromatic nitrogens is 2. The van der Waals surface area contributed by atoms with Crippen molar-refractivity contribution >= 4 is 35.3 Å². The van der Waals surface area contributed by atoms with Gasteiger partial charge in [0.1, 0.15) is 5.54 Å². The van der Waals surface area contributed by atoms with Crippen molar-refractivity contribution < 1.29 is 42.5 Å². The summed E-state index contributed by atoms with van der Waals surface area (Å²) in [6.45, 7) is 4.19. The maximum Gasteiger partial charge on any atom is 0.409 e. The van der Waals surface area contributed by atoms with Gasteiger partial charge >= 0.3 is 18.7 Å². The minimum absolute atomic E-state index is 0.0231. The van der Waals surface area contributed by atoms with Gasteiger partial charge in [0.2, 0.25) is 0 Å². The van der Waals surface area contributed by atoms with Crippen LogP contribution >= 0.6 is 11.6 Å². The van der Waals surface area contributed by atoms with Crippen LogP contribution in [0.25, 0.3) is 0 Å². The first-order valence-corrected chi connectivity index (χ1v) is 15.3. The lowest BCUT2D eigenvalue weighted by atomic mass is 9.76. The second-order valence-corrected chi connectivity index (χ2v) is 12.2. The van der Waals surface area contributed by atoms with Crippen molar-refractivity contribution in [3.63, 3.8) is 0 Å². The third-order valence-electron chi connectivity index (χ3n) is 8.68. The van der Waals surface area contributed by atoms with Crippen LogP contribution in [0.15, 0.2) is 24.4 Å². The van der Waals surface area contributed by atoms with Gasteiger partial charge in [0.15, 0.2) is 11.5 Å². The van der Waals surface area contributed by atoms with Crippen molar-refractivity contribution in [3.8, 4) is 11.5 Å². The Bertz CT molecular complexity index is 1370. The molecule has 1 aromatic heterocycles. The average Bonchev–Trinajstić information content (AvgIpc) is 3.44. The molecule has 12 nitrogen and oxygen atoms in total. The number of nitrogens with zero attached hydrogens (tertiary/aromatic N) is 4. The molecule has 2 N–H and O–H groups in total. The van der Waals surface area contributed by atoms with Crippen LogP contribution in [0.5, 0.6) is 11.5 Å². The molecular weight excluding hydrogens is 616 g/mol. The highest BCUT2D eigenvalue weighted by atomic mass is 35.5. The zero-order valence-corrected chi connectivity index (χ0v) is 26.6. The van der Waals surface area contributed by atoms with E-state index in [-0.39, 0.29) is 74.3 Å². The van der Waals surface area contributed by atoms with Crippen LogP contribution in [-0.4, -0.2) is 95.7 Å². The summed E-state index contributed by atoms with van der Waals surface area (Å²) in [6, 6.07) is 4.06. The van der Waals surface area contributed by atoms with E-state index in [0.717, 1.165) is 0 Å². The number of nitrogens with one attached hydrogen (secondary N) is 1. The molecule has 0 atom stereocenters. The number of alkyl halides is 2. The number of hydrogen-bond acceptors (Lipinski definition) is 8. The highest BCUT2D eigenvalue weighted by Gasteiger charge is 2.49. The van der Waals surface area contributed by atoms with Gasteiger partial charge in [0.05, 0.1) is 36.7 Å². The van der Waals surface area contributed by atoms with Crippen LogP contribution in [0.4, 0.5) is 19.3 Å². The molecule has 0 unspecified atom stereocenters. The summed E-state index contributed by atoms with van der Waals surface area (Å²) in [4.78, 5) is 42.6. The van der Waals surface area contributed by atoms with Crippen LogP contribution < -0.4 is 14.8 Å². The van der Waals surface area contributed by atoms with Gasteiger partial charge in [-0.05, 0) is 50.7 Å². The topological polar surface area (TPSA) is 135 Å². The molecule has 0 aliphatic carbocycles. The number of carboxylic acid groups (broad SMARTS) is 1. The summed E-state index contributed by atoms with van der Waals surface area (Å²) >= 11 is 6.01. The molecule has 45 heavy (non-hydrogen) atoms. The van der Waals surface area contributed by atoms with Crippen molar-refractivity contribution in [2.45, 2.75) is 64.5 Å². The number of rotatable bonds is 11. The zero-order valence-electron chi connectivity index (χ0n) is 25.9. The minimum atomic E-state index is -3.13. The molecule has 248 valence electrons. The van der Waals surface area contributed by atoms with E-state index < -0.39 is 35.5 Å². The van der Waals surface area contributed by atoms with Gasteiger partial charge in [-0.25, -0.2) is 9.48 Å². The number of likely N-dealkylation sites (tertiary alicyclic amines) is 2. The fourth-order valence-corrected chi connectivity index (χ4v) is 6.38. The van der Waals surface area contributed by atoms with E-state index in [4.69, 9.17) is 21.1 Å². The van der Waals surface area contributed by atoms with Gasteiger partial charge in [0, 0.05) is 43.8 Å². The number of ether oxygens (including phenoxy) is 3. The van der Waals surface area contributed by atoms with Crippen LogP contribution in [0.1, 0.15) is 58.1 Å². The normalized spacial score (nSPS) is 18.1. The second kappa shape index (κ2) is 14.2. The number of hydrogen-bond donors (Lipinski definition) is 2. The molecule has 0 spiro atoms. The minimum Gasteiger partial charge on any atom is -0.493 e. The number of aliphatic carboxylic acids is 1. The van der Waals surface area contributed by atoms with Crippen molar-refractivity contribution in [2.24, 2.45) is 5.41 Å². The predicted molar refractivity (Wildman–Crippen MR) is 161 cm³/mol. The maximum atomic E-state index is 14.3. The molecule has 2 amide bonds. The van der Waals surface area contributed by atoms with Gasteiger partial charge in [-0.3, -0.25) is 9.59 Å². The molecule has 1 aromatic carbocycles. The molecule has 2 fully saturated rings. The maximum absolute atomic E-state index is 14.3. The van der Waals surface area contributed by atoms with Crippen molar-refractivity contribution in [3.05, 3.63) is 35.1 Å². The van der Waals surface area contributed by atoms with E-state index in [1.807, 2.05) is 18.7 Å². The number of methoxy groups -OCH3 is 1. The highest BCUT2D eigenvalue weighted by molar-refractivity contribution is 6.30. The number of amides is 2. The van der Waals surface area contributed by atoms with Gasteiger partial charge < -0.3 is 34.4 Å². The van der Waals surface area contributed by atoms with Crippen molar-refractivity contribution in [1.82, 2.24) is 19.6 Å². The van der Waals surface area contributed by atoms with Crippen LogP contribution in [0.3, 0.4) is 0 Å². The number of benzene rings is 1. The molecule has 0 saturated carbocycles. The lowest BCUT2D eigenvalue weighted by Gasteiger charge is -2.45. The summed E-state index contributed by atoms with van der Waals surface area (Å²) in [6.07, 6.45) is 2.10. The predicted octanol–water partition coefficient (Wildman–Crippen LogP) is 5.02. The standard InChI is InChI=1S/C30H40ClF2N5O7/c1-5-44-28(42)37-14-8-29(9-15-37,26(40)41)18-36-12-10-30(11-13-36,38-24(19(2)3)23(43-4)17-34-38)25(39)35-21-7-6-20(31)16-22(21)45-27(32)33/h6-7,16-17,19,27H,5,8-15,18H2,1-4H3,(H,35,39)(H,40,41). The molecule has 15 heteroatoms. The van der Waals surface area contributed by atoms with E-state index >= 15 is 0 Å². The first kappa shape index (κ1) is 34.2. The number of piperidine rings is 2. The molecule has 2 aromatic rings. The van der Waals surface area contributed by atoms with Crippen molar-refractivity contribution in [2.75, 3.05) is 51.8 Å². The first-order chi connectivity index (χ1) is 21.4. The Morgan fingerprint density at radius 1 is 1.09 bits per heavy atom. The summed E-state index contributed by atoms with van der Waals surface area (Å²) < 4.78 is 43.3. The molecule has 0 radical (unpaired) electrons. The monoisotopic (exact) mass is 655 g/mol. The van der Waals surface area contributed by atoms with Gasteiger partial charge in [-0.1, -0.05) is 25.4 Å². The molecule has 0 bridgehead atoms. The number of anilines is 1. The molecule has 2 aliphatic heterocycles. The van der Waals surface area contributed by atoms with E-state index in [1.165, 1.54) is 30.2 Å². The first-order valence-electron chi connectivity index (χ1n) is 14.9. The summed E-state index contributed by atoms with van der Waals surface area (Å²) in [5.41, 5.74) is -1.63. The Hall–Kier alpha value is -3.65. The Morgan fingerprint density at radius 2 is 1.76 bits per heavy atom. The quantitative estimate of drug-likeness (QED) is 0.342. The van der Waals surface area contributed by atoms with Gasteiger partial charge in [-0.2, -0.15) is 13.9 Å². The SMILES string of the molecule is CCOC(=O)N1CCC(CN2CCC(C(=O)Nc3ccc(Cl)cc3OC(F)F)(n3ncc(OC)c3C(C)C)CC2)(C(=O)O)CC1. The fraction of sp³-hybridized carbons (Fsp3) is 0.600. The van der Waals surface area contributed by atoms with Gasteiger partial charge in [-0.15, -0.1) is 0 Å². The Kier molecular flexibility index (Phi) is 10.8. The van der Waals surface area contributed by atoms with Crippen molar-refractivity contribution in [1.29, 1.82) is 0 Å². The van der Waals surface area contributed by atoms with E-state index in [0.29, 0.717) is 24.5 Å². The van der Waals surface area contributed by atoms with Crippen LogP contribution in [0, 0.1) is 5.41 Å². The van der Waals surface area contributed by atoms with Crippen LogP contribution in [0.2, 0.25) is 5.02 Å². The molecule has 3 heterocycles. The zero-order chi connectivity index (χ0) is 32.9. The number of carbonyl (C=O) groups is 3. The Morgan fingerprint density at radius 3 is 2.31 bits per heavy atom. The summed E-state index contributed by atoms with van der Waals surface area (Å²) in [7, 11) is 1.52. The molecular formula is C30H40ClF2N5O7. The molecule has 2 saturated heterocycles. The lowest BCUT2D eigenvalue weighted by Crippen LogP contribution is -2.57. The Labute approximate surface area is 265 Å². The Balaban J connectivity index is 1.61. The summed E-state index contributed by atoms with van der Waals surface area (Å²) in [5.74, 6) is -1.29. The van der Waals surface area contributed by atoms with Gasteiger partial charge in [0.25, 0.3) is 5.91 Å². The van der Waals surface area contributed by atoms with E-state index in [2.05, 4.69) is 15.2 Å². The largest absolute Gasteiger partial charge is 0.493 e. The third kappa shape index (κ3) is 7.27. The second-order valence-electron chi connectivity index (χ2n) is 11.7. The fourth-order valence-electron chi connectivity index (χ4n) is 6.22. The highest BCUT2D eigenvalue weighted by Crippen LogP contribution is 2.41. The van der Waals surface area contributed by atoms with E-state index in [1.54, 1.807) is 17.8 Å². The number of carboxylic acids is 1. The molecule has 2 aliphatic rings. The lowest BCUT2D eigenvalue weighted by molar-refractivity contribution is -0.154. The average molecular weight is 656 g/mol. The summed E-state index contributed by atoms with van der Waals surface area (Å²) in [5, 5.41) is 17.8. The molecule has 4 rings (SSSR count). The van der Waals surface area contributed by atoms with E-state index in [9.17, 15) is 28.3 Å². The van der Waals surface area contributed by atoms with Crippen LogP contribution in [-0.2, 0) is 19.9 Å². The smallest absolute Gasteiger partial charge is 0.409 e. The number of carbonyl (C=O) groups excluding carboxylic acids is 2.